The molecule has 144 valence electrons. The number of fused-ring (bicyclic) bond motifs is 1. The van der Waals surface area contributed by atoms with Crippen molar-refractivity contribution in [3.63, 3.8) is 0 Å². The largest absolute Gasteiger partial charge is 0.493 e. The molecule has 0 spiro atoms. The Morgan fingerprint density at radius 1 is 1.15 bits per heavy atom. The van der Waals surface area contributed by atoms with Crippen LogP contribution in [0.15, 0.2) is 12.1 Å². The Labute approximate surface area is 160 Å². The first-order chi connectivity index (χ1) is 13.1. The Bertz CT molecular complexity index is 927. The second kappa shape index (κ2) is 8.21. The number of anilines is 1. The van der Waals surface area contributed by atoms with Gasteiger partial charge in [0.15, 0.2) is 17.3 Å². The molecular weight excluding hydrogens is 370 g/mol. The van der Waals surface area contributed by atoms with Gasteiger partial charge in [0.25, 0.3) is 5.91 Å². The van der Waals surface area contributed by atoms with Crippen molar-refractivity contribution in [1.82, 2.24) is 19.8 Å². The predicted octanol–water partition coefficient (Wildman–Crippen LogP) is 2.81. The molecule has 9 nitrogen and oxygen atoms in total. The predicted molar refractivity (Wildman–Crippen MR) is 101 cm³/mol. The lowest BCUT2D eigenvalue weighted by Crippen LogP contribution is -2.13. The molecule has 1 N–H and O–H groups in total. The monoisotopic (exact) mass is 391 g/mol. The number of nitrogens with zero attached hydrogens (tertiary/aromatic N) is 4. The van der Waals surface area contributed by atoms with E-state index in [-0.39, 0.29) is 5.91 Å². The fourth-order valence-corrected chi connectivity index (χ4v) is 3.33. The Kier molecular flexibility index (Phi) is 5.75. The zero-order valence-electron chi connectivity index (χ0n) is 15.6. The van der Waals surface area contributed by atoms with E-state index in [1.807, 2.05) is 0 Å². The second-order valence-electron chi connectivity index (χ2n) is 5.69. The maximum Gasteiger partial charge on any atom is 0.257 e. The number of methoxy groups -OCH3 is 3. The molecule has 0 fully saturated rings. The van der Waals surface area contributed by atoms with Gasteiger partial charge in [-0.3, -0.25) is 10.1 Å². The summed E-state index contributed by atoms with van der Waals surface area (Å²) in [6, 6.07) is 3.17. The number of aryl methyl sites for hydroxylation is 1. The fourth-order valence-electron chi connectivity index (χ4n) is 2.58. The average Bonchev–Trinajstić information content (AvgIpc) is 3.25. The van der Waals surface area contributed by atoms with Crippen LogP contribution in [0.5, 0.6) is 17.2 Å². The molecule has 1 amide bonds. The molecule has 3 rings (SSSR count). The standard InChI is InChI=1S/C17H21N5O4S/c1-5-6-7-13-19-20-17-22(13)21-16(27-17)18-15(23)10-8-11(24-2)14(26-4)12(9-10)25-3/h8-9H,5-7H2,1-4H3,(H,18,21,23). The summed E-state index contributed by atoms with van der Waals surface area (Å²) in [5.41, 5.74) is 0.363. The van der Waals surface area contributed by atoms with E-state index in [9.17, 15) is 4.79 Å². The normalized spacial score (nSPS) is 10.8. The molecular formula is C17H21N5O4S. The van der Waals surface area contributed by atoms with E-state index < -0.39 is 0 Å². The van der Waals surface area contributed by atoms with Crippen LogP contribution in [0.4, 0.5) is 5.13 Å². The Morgan fingerprint density at radius 2 is 1.85 bits per heavy atom. The molecule has 2 aromatic heterocycles. The number of nitrogens with one attached hydrogen (secondary N) is 1. The second-order valence-corrected chi connectivity index (χ2v) is 6.65. The molecule has 2 heterocycles. The van der Waals surface area contributed by atoms with E-state index in [1.54, 1.807) is 16.6 Å². The van der Waals surface area contributed by atoms with Crippen LogP contribution in [0, 0.1) is 0 Å². The van der Waals surface area contributed by atoms with Gasteiger partial charge in [-0.1, -0.05) is 24.7 Å². The first-order valence-corrected chi connectivity index (χ1v) is 9.25. The quantitative estimate of drug-likeness (QED) is 0.630. The van der Waals surface area contributed by atoms with Crippen molar-refractivity contribution in [2.24, 2.45) is 0 Å². The number of ether oxygens (including phenoxy) is 3. The van der Waals surface area contributed by atoms with Crippen LogP contribution in [0.2, 0.25) is 0 Å². The van der Waals surface area contributed by atoms with Crippen LogP contribution >= 0.6 is 11.3 Å². The summed E-state index contributed by atoms with van der Waals surface area (Å²) >= 11 is 1.26. The van der Waals surface area contributed by atoms with Crippen LogP contribution < -0.4 is 19.5 Å². The lowest BCUT2D eigenvalue weighted by Gasteiger charge is -2.13. The van der Waals surface area contributed by atoms with Crippen molar-refractivity contribution < 1.29 is 19.0 Å². The first-order valence-electron chi connectivity index (χ1n) is 8.43. The van der Waals surface area contributed by atoms with Gasteiger partial charge in [0.05, 0.1) is 21.3 Å². The number of hydrogen-bond acceptors (Lipinski definition) is 8. The maximum atomic E-state index is 12.7. The van der Waals surface area contributed by atoms with Gasteiger partial charge in [0.2, 0.25) is 15.8 Å². The number of hydrogen-bond donors (Lipinski definition) is 1. The minimum atomic E-state index is -0.339. The summed E-state index contributed by atoms with van der Waals surface area (Å²) in [6.07, 6.45) is 2.86. The molecule has 1 aromatic carbocycles. The zero-order valence-corrected chi connectivity index (χ0v) is 16.4. The van der Waals surface area contributed by atoms with Crippen molar-refractivity contribution in [2.45, 2.75) is 26.2 Å². The third-order valence-corrected chi connectivity index (χ3v) is 4.77. The van der Waals surface area contributed by atoms with Crippen molar-refractivity contribution in [2.75, 3.05) is 26.6 Å². The Balaban J connectivity index is 1.85. The van der Waals surface area contributed by atoms with Crippen molar-refractivity contribution in [1.29, 1.82) is 0 Å². The van der Waals surface area contributed by atoms with Gasteiger partial charge in [-0.15, -0.1) is 15.3 Å². The van der Waals surface area contributed by atoms with E-state index in [4.69, 9.17) is 14.2 Å². The smallest absolute Gasteiger partial charge is 0.257 e. The number of carbonyl (C=O) groups excluding carboxylic acids is 1. The summed E-state index contributed by atoms with van der Waals surface area (Å²) < 4.78 is 17.5. The molecule has 10 heteroatoms. The van der Waals surface area contributed by atoms with E-state index in [0.29, 0.717) is 32.9 Å². The molecule has 0 aliphatic heterocycles. The molecule has 0 radical (unpaired) electrons. The number of carbonyl (C=O) groups is 1. The third-order valence-electron chi connectivity index (χ3n) is 3.96. The summed E-state index contributed by atoms with van der Waals surface area (Å²) in [6.45, 7) is 2.11. The number of aromatic nitrogens is 4. The zero-order chi connectivity index (χ0) is 19.4. The van der Waals surface area contributed by atoms with Crippen molar-refractivity contribution in [3.05, 3.63) is 23.5 Å². The summed E-state index contributed by atoms with van der Waals surface area (Å²) in [5.74, 6) is 1.69. The van der Waals surface area contributed by atoms with Crippen molar-refractivity contribution in [3.8, 4) is 17.2 Å². The molecule has 0 aliphatic carbocycles. The van der Waals surface area contributed by atoms with Gasteiger partial charge >= 0.3 is 0 Å². The van der Waals surface area contributed by atoms with Crippen LogP contribution in [0.25, 0.3) is 4.96 Å². The molecule has 0 atom stereocenters. The lowest BCUT2D eigenvalue weighted by atomic mass is 10.1. The fraction of sp³-hybridized carbons (Fsp3) is 0.412. The molecule has 27 heavy (non-hydrogen) atoms. The van der Waals surface area contributed by atoms with E-state index in [2.05, 4.69) is 27.5 Å². The maximum absolute atomic E-state index is 12.7. The first kappa shape index (κ1) is 18.9. The van der Waals surface area contributed by atoms with Crippen molar-refractivity contribution >= 4 is 27.3 Å². The molecule has 3 aromatic rings. The highest BCUT2D eigenvalue weighted by Crippen LogP contribution is 2.38. The highest BCUT2D eigenvalue weighted by atomic mass is 32.1. The topological polar surface area (TPSA) is 99.9 Å². The third kappa shape index (κ3) is 3.80. The average molecular weight is 391 g/mol. The SMILES string of the molecule is CCCCc1nnc2sc(NC(=O)c3cc(OC)c(OC)c(OC)c3)nn12. The summed E-state index contributed by atoms with van der Waals surface area (Å²) in [5, 5.41) is 15.9. The highest BCUT2D eigenvalue weighted by molar-refractivity contribution is 7.20. The van der Waals surface area contributed by atoms with Crippen LogP contribution in [-0.2, 0) is 6.42 Å². The number of amides is 1. The summed E-state index contributed by atoms with van der Waals surface area (Å²) in [4.78, 5) is 13.3. The summed E-state index contributed by atoms with van der Waals surface area (Å²) in [7, 11) is 4.51. The van der Waals surface area contributed by atoms with Gasteiger partial charge in [-0.25, -0.2) is 0 Å². The van der Waals surface area contributed by atoms with Crippen LogP contribution in [0.3, 0.4) is 0 Å². The number of benzene rings is 1. The highest BCUT2D eigenvalue weighted by Gasteiger charge is 2.19. The van der Waals surface area contributed by atoms with Gasteiger partial charge < -0.3 is 14.2 Å². The minimum absolute atomic E-state index is 0.339. The van der Waals surface area contributed by atoms with Crippen LogP contribution in [-0.4, -0.2) is 47.0 Å². The van der Waals surface area contributed by atoms with E-state index in [1.165, 1.54) is 32.7 Å². The van der Waals surface area contributed by atoms with Gasteiger partial charge in [-0.05, 0) is 18.6 Å². The van der Waals surface area contributed by atoms with E-state index >= 15 is 0 Å². The molecule has 0 unspecified atom stereocenters. The van der Waals surface area contributed by atoms with Gasteiger partial charge in [0.1, 0.15) is 0 Å². The number of unbranched alkanes of at least 4 members (excludes halogenated alkanes) is 1. The molecule has 0 saturated carbocycles. The Hall–Kier alpha value is -2.88. The minimum Gasteiger partial charge on any atom is -0.493 e. The molecule has 0 saturated heterocycles. The lowest BCUT2D eigenvalue weighted by molar-refractivity contribution is 0.102. The Morgan fingerprint density at radius 3 is 2.44 bits per heavy atom. The van der Waals surface area contributed by atoms with E-state index in [0.717, 1.165) is 25.1 Å². The van der Waals surface area contributed by atoms with Crippen LogP contribution in [0.1, 0.15) is 35.9 Å². The van der Waals surface area contributed by atoms with Gasteiger partial charge in [0, 0.05) is 12.0 Å². The molecule has 0 bridgehead atoms. The van der Waals surface area contributed by atoms with Gasteiger partial charge in [-0.2, -0.15) is 4.52 Å². The number of rotatable bonds is 8. The molecule has 0 aliphatic rings.